The number of hydrogen-bond donors (Lipinski definition) is 0. The van der Waals surface area contributed by atoms with Crippen molar-refractivity contribution in [3.63, 3.8) is 0 Å². The second-order valence-corrected chi connectivity index (χ2v) is 11.1. The van der Waals surface area contributed by atoms with Gasteiger partial charge in [0.25, 0.3) is 5.56 Å². The number of fused-ring (bicyclic) bond motifs is 1. The van der Waals surface area contributed by atoms with Gasteiger partial charge in [-0.1, -0.05) is 46.7 Å². The smallest absolute Gasteiger partial charge is 0.434 e. The Labute approximate surface area is 246 Å². The number of carbonyl (C=O) groups excluding carboxylic acids is 1. The minimum atomic E-state index is -4.98. The van der Waals surface area contributed by atoms with Gasteiger partial charge >= 0.3 is 12.1 Å². The number of nitrogens with zero attached hydrogens (tertiary/aromatic N) is 3. The van der Waals surface area contributed by atoms with Crippen LogP contribution in [0.1, 0.15) is 35.5 Å². The summed E-state index contributed by atoms with van der Waals surface area (Å²) in [6.07, 6.45) is -3.36. The molecule has 0 radical (unpaired) electrons. The lowest BCUT2D eigenvalue weighted by Gasteiger charge is -2.26. The average Bonchev–Trinajstić information content (AvgIpc) is 3.38. The molecule has 1 aliphatic heterocycles. The molecule has 12 heteroatoms. The molecule has 0 unspecified atom stereocenters. The number of hydrogen-bond acceptors (Lipinski definition) is 5. The van der Waals surface area contributed by atoms with E-state index in [1.165, 1.54) is 31.2 Å². The molecule has 0 saturated heterocycles. The summed E-state index contributed by atoms with van der Waals surface area (Å²) in [6, 6.07) is 13.6. The molecule has 0 spiro atoms. The molecule has 0 amide bonds. The highest BCUT2D eigenvalue weighted by atomic mass is 35.5. The van der Waals surface area contributed by atoms with Crippen LogP contribution >= 0.6 is 34.5 Å². The molecule has 1 aliphatic rings. The van der Waals surface area contributed by atoms with E-state index in [0.717, 1.165) is 33.0 Å². The van der Waals surface area contributed by atoms with Crippen molar-refractivity contribution < 1.29 is 22.7 Å². The minimum Gasteiger partial charge on any atom is -0.463 e. The molecule has 6 nitrogen and oxygen atoms in total. The van der Waals surface area contributed by atoms with Gasteiger partial charge in [0, 0.05) is 27.1 Å². The maximum Gasteiger partial charge on any atom is 0.434 e. The first-order chi connectivity index (χ1) is 19.4. The lowest BCUT2D eigenvalue weighted by Crippen LogP contribution is -2.41. The Morgan fingerprint density at radius 2 is 1.68 bits per heavy atom. The summed E-state index contributed by atoms with van der Waals surface area (Å²) in [5, 5.41) is 0.933. The molecule has 4 aromatic rings. The van der Waals surface area contributed by atoms with Crippen molar-refractivity contribution in [1.82, 2.24) is 9.13 Å². The van der Waals surface area contributed by atoms with Gasteiger partial charge in [-0.3, -0.25) is 9.36 Å². The van der Waals surface area contributed by atoms with Crippen LogP contribution in [0.15, 0.2) is 75.7 Å². The largest absolute Gasteiger partial charge is 0.463 e. The predicted octanol–water partition coefficient (Wildman–Crippen LogP) is 6.06. The number of thiazole rings is 1. The average molecular weight is 620 g/mol. The van der Waals surface area contributed by atoms with E-state index in [-0.39, 0.29) is 21.5 Å². The Kier molecular flexibility index (Phi) is 7.76. The molecule has 0 N–H and O–H groups in total. The van der Waals surface area contributed by atoms with E-state index >= 15 is 0 Å². The van der Waals surface area contributed by atoms with Gasteiger partial charge < -0.3 is 9.30 Å². The zero-order valence-electron chi connectivity index (χ0n) is 21.9. The number of aromatic nitrogens is 2. The van der Waals surface area contributed by atoms with Crippen LogP contribution in [0, 0.1) is 13.8 Å². The molecule has 0 fully saturated rings. The zero-order chi connectivity index (χ0) is 29.6. The number of rotatable bonds is 5. The van der Waals surface area contributed by atoms with Crippen molar-refractivity contribution >= 4 is 46.6 Å². The van der Waals surface area contributed by atoms with Crippen LogP contribution in [-0.4, -0.2) is 27.9 Å². The monoisotopic (exact) mass is 619 g/mol. The zero-order valence-corrected chi connectivity index (χ0v) is 24.3. The second kappa shape index (κ2) is 11.0. The fraction of sp³-hybridized carbons (Fsp3) is 0.207. The maximum atomic E-state index is 14.3. The van der Waals surface area contributed by atoms with Crippen LogP contribution < -0.4 is 14.9 Å². The highest BCUT2D eigenvalue weighted by Gasteiger charge is 2.45. The first kappa shape index (κ1) is 28.9. The summed E-state index contributed by atoms with van der Waals surface area (Å²) < 4.78 is 51.2. The van der Waals surface area contributed by atoms with Gasteiger partial charge in [-0.05, 0) is 80.4 Å². The molecule has 3 heterocycles. The quantitative estimate of drug-likeness (QED) is 0.255. The van der Waals surface area contributed by atoms with E-state index in [0.29, 0.717) is 15.6 Å². The summed E-state index contributed by atoms with van der Waals surface area (Å²) in [4.78, 5) is 30.4. The van der Waals surface area contributed by atoms with E-state index in [1.807, 2.05) is 36.6 Å². The van der Waals surface area contributed by atoms with Gasteiger partial charge in [-0.2, -0.15) is 13.2 Å². The van der Waals surface area contributed by atoms with Crippen molar-refractivity contribution in [2.45, 2.75) is 33.0 Å². The third-order valence-corrected chi connectivity index (χ3v) is 8.11. The van der Waals surface area contributed by atoms with Crippen molar-refractivity contribution in [2.75, 3.05) is 6.61 Å². The van der Waals surface area contributed by atoms with Gasteiger partial charge in [0.1, 0.15) is 0 Å². The van der Waals surface area contributed by atoms with E-state index in [4.69, 9.17) is 27.9 Å². The molecule has 0 saturated carbocycles. The summed E-state index contributed by atoms with van der Waals surface area (Å²) in [5.74, 6) is -1.20. The molecular weight excluding hydrogens is 598 g/mol. The first-order valence-electron chi connectivity index (χ1n) is 12.4. The number of allylic oxidation sites excluding steroid dienone is 1. The molecule has 212 valence electrons. The molecule has 2 aromatic carbocycles. The van der Waals surface area contributed by atoms with Gasteiger partial charge in [0.2, 0.25) is 0 Å². The van der Waals surface area contributed by atoms with Crippen molar-refractivity contribution in [3.05, 3.63) is 118 Å². The Morgan fingerprint density at radius 1 is 1.07 bits per heavy atom. The van der Waals surface area contributed by atoms with E-state index < -0.39 is 35.0 Å². The molecule has 1 atom stereocenters. The summed E-state index contributed by atoms with van der Waals surface area (Å²) in [7, 11) is 0. The Bertz CT molecular complexity index is 1870. The van der Waals surface area contributed by atoms with Gasteiger partial charge in [0.05, 0.1) is 22.8 Å². The first-order valence-corrected chi connectivity index (χ1v) is 14.0. The highest BCUT2D eigenvalue weighted by molar-refractivity contribution is 7.07. The topological polar surface area (TPSA) is 65.6 Å². The van der Waals surface area contributed by atoms with Gasteiger partial charge in [-0.25, -0.2) is 9.79 Å². The van der Waals surface area contributed by atoms with Crippen LogP contribution in [0.3, 0.4) is 0 Å². The number of ether oxygens (including phenoxy) is 1. The van der Waals surface area contributed by atoms with E-state index in [9.17, 15) is 22.8 Å². The highest BCUT2D eigenvalue weighted by Crippen LogP contribution is 2.38. The summed E-state index contributed by atoms with van der Waals surface area (Å²) in [5.41, 5.74) is 0.760. The third kappa shape index (κ3) is 5.39. The van der Waals surface area contributed by atoms with Crippen LogP contribution in [0.2, 0.25) is 10.0 Å². The lowest BCUT2D eigenvalue weighted by atomic mass is 9.95. The molecule has 0 aliphatic carbocycles. The number of esters is 1. The molecule has 41 heavy (non-hydrogen) atoms. The molecule has 0 bridgehead atoms. The third-order valence-electron chi connectivity index (χ3n) is 6.62. The van der Waals surface area contributed by atoms with Crippen LogP contribution in [0.25, 0.3) is 11.8 Å². The van der Waals surface area contributed by atoms with Crippen LogP contribution in [-0.2, 0) is 9.53 Å². The number of aryl methyl sites for hydroxylation is 1. The number of carbonyl (C=O) groups is 1. The standard InChI is InChI=1S/C29H22Cl2F3N3O3S/c1-4-40-27(39)23-24(17-5-7-19(30)8-6-17)37-26(38)22(41-28(37)35-25(23)29(32,33)34)14-18-13-15(2)36(16(18)3)21-11-9-20(31)10-12-21/h5-14,24H,4H2,1-3H3/b22-14-/t24-/m1/s1. The van der Waals surface area contributed by atoms with Crippen LogP contribution in [0.4, 0.5) is 13.2 Å². The summed E-state index contributed by atoms with van der Waals surface area (Å²) >= 11 is 12.9. The number of benzene rings is 2. The number of alkyl halides is 3. The fourth-order valence-electron chi connectivity index (χ4n) is 4.86. The lowest BCUT2D eigenvalue weighted by molar-refractivity contribution is -0.140. The van der Waals surface area contributed by atoms with Gasteiger partial charge in [-0.15, -0.1) is 0 Å². The van der Waals surface area contributed by atoms with Crippen molar-refractivity contribution in [1.29, 1.82) is 0 Å². The van der Waals surface area contributed by atoms with Crippen LogP contribution in [0.5, 0.6) is 0 Å². The van der Waals surface area contributed by atoms with E-state index in [2.05, 4.69) is 4.99 Å². The number of halogens is 5. The van der Waals surface area contributed by atoms with E-state index in [1.54, 1.807) is 18.2 Å². The summed E-state index contributed by atoms with van der Waals surface area (Å²) in [6.45, 7) is 5.11. The minimum absolute atomic E-state index is 0.158. The Hall–Kier alpha value is -3.60. The normalized spacial score (nSPS) is 15.6. The van der Waals surface area contributed by atoms with Crippen molar-refractivity contribution in [2.24, 2.45) is 4.99 Å². The van der Waals surface area contributed by atoms with Gasteiger partial charge in [0.15, 0.2) is 10.5 Å². The Balaban J connectivity index is 1.75. The molecular formula is C29H22Cl2F3N3O3S. The molecule has 5 rings (SSSR count). The van der Waals surface area contributed by atoms with Crippen molar-refractivity contribution in [3.8, 4) is 5.69 Å². The fourth-order valence-corrected chi connectivity index (χ4v) is 6.11. The SMILES string of the molecule is CCOC(=O)C1=C(C(F)(F)F)N=c2s/c(=C\c3cc(C)n(-c4ccc(Cl)cc4)c3C)c(=O)n2[C@@H]1c1ccc(Cl)cc1. The predicted molar refractivity (Wildman–Crippen MR) is 152 cm³/mol. The maximum absolute atomic E-state index is 14.3. The second-order valence-electron chi connectivity index (χ2n) is 9.25. The Morgan fingerprint density at radius 3 is 2.27 bits per heavy atom. The molecule has 2 aromatic heterocycles.